The van der Waals surface area contributed by atoms with E-state index in [0.717, 1.165) is 64.5 Å². The van der Waals surface area contributed by atoms with Crippen LogP contribution in [0.2, 0.25) is 0 Å². The molecular weight excluding hydrogens is 328 g/mol. The van der Waals surface area contributed by atoms with Crippen LogP contribution in [0.1, 0.15) is 34.3 Å². The molecule has 0 bridgehead atoms. The lowest BCUT2D eigenvalue weighted by Gasteiger charge is -2.53. The second-order valence-electron chi connectivity index (χ2n) is 8.27. The summed E-state index contributed by atoms with van der Waals surface area (Å²) in [4.78, 5) is 17.1. The maximum absolute atomic E-state index is 12.7. The van der Waals surface area contributed by atoms with Crippen molar-refractivity contribution >= 4 is 5.91 Å². The van der Waals surface area contributed by atoms with Crippen LogP contribution >= 0.6 is 0 Å². The molecule has 5 nitrogen and oxygen atoms in total. The molecule has 0 unspecified atom stereocenters. The van der Waals surface area contributed by atoms with Crippen molar-refractivity contribution in [1.82, 2.24) is 9.80 Å². The number of amides is 1. The number of aryl methyl sites for hydroxylation is 2. The van der Waals surface area contributed by atoms with E-state index in [4.69, 9.17) is 9.47 Å². The molecule has 0 aliphatic carbocycles. The summed E-state index contributed by atoms with van der Waals surface area (Å²) in [6, 6.07) is 5.98. The average Bonchev–Trinajstić information content (AvgIpc) is 2.63. The highest BCUT2D eigenvalue weighted by atomic mass is 16.5. The van der Waals surface area contributed by atoms with Crippen LogP contribution in [0.5, 0.6) is 0 Å². The Morgan fingerprint density at radius 1 is 1.19 bits per heavy atom. The molecule has 3 heterocycles. The molecule has 3 fully saturated rings. The first kappa shape index (κ1) is 18.0. The molecule has 0 N–H and O–H groups in total. The third kappa shape index (κ3) is 3.66. The monoisotopic (exact) mass is 358 g/mol. The molecule has 0 aromatic heterocycles. The van der Waals surface area contributed by atoms with E-state index < -0.39 is 0 Å². The maximum Gasteiger partial charge on any atom is 0.254 e. The van der Waals surface area contributed by atoms with E-state index in [1.54, 1.807) is 0 Å². The van der Waals surface area contributed by atoms with Crippen LogP contribution in [-0.2, 0) is 9.47 Å². The van der Waals surface area contributed by atoms with Gasteiger partial charge in [0.25, 0.3) is 5.91 Å². The molecule has 1 aromatic rings. The summed E-state index contributed by atoms with van der Waals surface area (Å²) in [7, 11) is 0. The summed E-state index contributed by atoms with van der Waals surface area (Å²) < 4.78 is 11.7. The van der Waals surface area contributed by atoms with E-state index in [1.807, 2.05) is 23.1 Å². The fourth-order valence-electron chi connectivity index (χ4n) is 4.31. The summed E-state index contributed by atoms with van der Waals surface area (Å²) in [6.07, 6.45) is 2.27. The van der Waals surface area contributed by atoms with Gasteiger partial charge in [-0.2, -0.15) is 0 Å². The number of morpholine rings is 1. The van der Waals surface area contributed by atoms with Crippen molar-refractivity contribution in [1.29, 1.82) is 0 Å². The van der Waals surface area contributed by atoms with Gasteiger partial charge in [0.1, 0.15) is 5.60 Å². The summed E-state index contributed by atoms with van der Waals surface area (Å²) in [5, 5.41) is 0. The van der Waals surface area contributed by atoms with E-state index in [2.05, 4.69) is 18.7 Å². The number of hydrogen-bond donors (Lipinski definition) is 0. The van der Waals surface area contributed by atoms with Crippen LogP contribution < -0.4 is 0 Å². The Morgan fingerprint density at radius 3 is 2.62 bits per heavy atom. The van der Waals surface area contributed by atoms with Crippen molar-refractivity contribution in [2.24, 2.45) is 5.92 Å². The molecule has 1 atom stereocenters. The summed E-state index contributed by atoms with van der Waals surface area (Å²) in [5.74, 6) is 0.751. The van der Waals surface area contributed by atoms with Gasteiger partial charge in [-0.3, -0.25) is 9.69 Å². The highest BCUT2D eigenvalue weighted by Gasteiger charge is 2.48. The van der Waals surface area contributed by atoms with Crippen molar-refractivity contribution in [2.45, 2.75) is 32.3 Å². The molecule has 3 saturated heterocycles. The van der Waals surface area contributed by atoms with Crippen LogP contribution in [0.25, 0.3) is 0 Å². The van der Waals surface area contributed by atoms with Crippen LogP contribution in [0.3, 0.4) is 0 Å². The van der Waals surface area contributed by atoms with E-state index in [9.17, 15) is 4.79 Å². The lowest BCUT2D eigenvalue weighted by Crippen LogP contribution is -2.66. The lowest BCUT2D eigenvalue weighted by atomic mass is 9.82. The van der Waals surface area contributed by atoms with Gasteiger partial charge < -0.3 is 14.4 Å². The third-order valence-corrected chi connectivity index (χ3v) is 6.25. The summed E-state index contributed by atoms with van der Waals surface area (Å²) >= 11 is 0. The van der Waals surface area contributed by atoms with Crippen LogP contribution in [0.4, 0.5) is 0 Å². The molecule has 1 spiro atoms. The van der Waals surface area contributed by atoms with Gasteiger partial charge in [-0.05, 0) is 55.9 Å². The van der Waals surface area contributed by atoms with Gasteiger partial charge >= 0.3 is 0 Å². The predicted octanol–water partition coefficient (Wildman–Crippen LogP) is 2.26. The molecule has 4 rings (SSSR count). The largest absolute Gasteiger partial charge is 0.379 e. The molecule has 0 saturated carbocycles. The van der Waals surface area contributed by atoms with Gasteiger partial charge in [0.15, 0.2) is 0 Å². The minimum atomic E-state index is -0.0864. The van der Waals surface area contributed by atoms with E-state index >= 15 is 0 Å². The third-order valence-electron chi connectivity index (χ3n) is 6.25. The molecular formula is C21H30N2O3. The molecule has 26 heavy (non-hydrogen) atoms. The number of nitrogens with zero attached hydrogens (tertiary/aromatic N) is 2. The Labute approximate surface area is 156 Å². The number of rotatable bonds is 3. The Kier molecular flexibility index (Phi) is 5.04. The van der Waals surface area contributed by atoms with E-state index in [0.29, 0.717) is 5.92 Å². The second kappa shape index (κ2) is 7.29. The molecule has 3 aliphatic rings. The topological polar surface area (TPSA) is 42.0 Å². The first-order valence-corrected chi connectivity index (χ1v) is 9.85. The predicted molar refractivity (Wildman–Crippen MR) is 100 cm³/mol. The van der Waals surface area contributed by atoms with Crippen molar-refractivity contribution in [3.63, 3.8) is 0 Å². The van der Waals surface area contributed by atoms with Crippen molar-refractivity contribution in [3.8, 4) is 0 Å². The smallest absolute Gasteiger partial charge is 0.254 e. The minimum Gasteiger partial charge on any atom is -0.379 e. The normalized spacial score (nSPS) is 25.9. The van der Waals surface area contributed by atoms with Gasteiger partial charge in [-0.15, -0.1) is 0 Å². The molecule has 1 amide bonds. The van der Waals surface area contributed by atoms with E-state index in [1.165, 1.54) is 17.5 Å². The second-order valence-corrected chi connectivity index (χ2v) is 8.27. The number of carbonyl (C=O) groups excluding carboxylic acids is 1. The Hall–Kier alpha value is -1.43. The zero-order chi connectivity index (χ0) is 18.1. The van der Waals surface area contributed by atoms with Crippen LogP contribution in [-0.4, -0.2) is 73.9 Å². The van der Waals surface area contributed by atoms with Crippen molar-refractivity contribution < 1.29 is 14.3 Å². The Bertz CT molecular complexity index is 653. The lowest BCUT2D eigenvalue weighted by molar-refractivity contribution is -0.169. The SMILES string of the molecule is Cc1ccc(C(=O)N2CC3(CC[C@H](CN4CCOCC4)CO3)C2)cc1C. The quantitative estimate of drug-likeness (QED) is 0.831. The summed E-state index contributed by atoms with van der Waals surface area (Å²) in [6.45, 7) is 11.3. The first-order valence-electron chi connectivity index (χ1n) is 9.85. The zero-order valence-corrected chi connectivity index (χ0v) is 16.0. The highest BCUT2D eigenvalue weighted by molar-refractivity contribution is 5.95. The van der Waals surface area contributed by atoms with Crippen LogP contribution in [0.15, 0.2) is 18.2 Å². The van der Waals surface area contributed by atoms with E-state index in [-0.39, 0.29) is 11.5 Å². The van der Waals surface area contributed by atoms with Crippen molar-refractivity contribution in [2.75, 3.05) is 52.5 Å². The molecule has 3 aliphatic heterocycles. The first-order chi connectivity index (χ1) is 12.5. The fourth-order valence-corrected chi connectivity index (χ4v) is 4.31. The Balaban J connectivity index is 1.26. The van der Waals surface area contributed by atoms with Crippen LogP contribution in [0, 0.1) is 19.8 Å². The number of ether oxygens (including phenoxy) is 2. The maximum atomic E-state index is 12.7. The molecule has 142 valence electrons. The number of hydrogen-bond acceptors (Lipinski definition) is 4. The van der Waals surface area contributed by atoms with Gasteiger partial charge in [0.05, 0.1) is 32.9 Å². The standard InChI is InChI=1S/C21H30N2O3/c1-16-3-4-19(11-17(16)2)20(24)23-14-21(15-23)6-5-18(13-26-21)12-22-7-9-25-10-8-22/h3-4,11,18H,5-10,12-15H2,1-2H3/t18-/m1/s1. The number of benzene rings is 1. The summed E-state index contributed by atoms with van der Waals surface area (Å²) in [5.41, 5.74) is 3.11. The van der Waals surface area contributed by atoms with Gasteiger partial charge in [0.2, 0.25) is 0 Å². The Morgan fingerprint density at radius 2 is 1.96 bits per heavy atom. The van der Waals surface area contributed by atoms with Gasteiger partial charge in [-0.1, -0.05) is 6.07 Å². The number of carbonyl (C=O) groups is 1. The fraction of sp³-hybridized carbons (Fsp3) is 0.667. The van der Waals surface area contributed by atoms with Crippen molar-refractivity contribution in [3.05, 3.63) is 34.9 Å². The number of likely N-dealkylation sites (tertiary alicyclic amines) is 1. The zero-order valence-electron chi connectivity index (χ0n) is 16.0. The molecule has 1 aromatic carbocycles. The molecule has 5 heteroatoms. The molecule has 0 radical (unpaired) electrons. The van der Waals surface area contributed by atoms with Gasteiger partial charge in [0, 0.05) is 25.2 Å². The van der Waals surface area contributed by atoms with Gasteiger partial charge in [-0.25, -0.2) is 0 Å². The average molecular weight is 358 g/mol. The highest BCUT2D eigenvalue weighted by Crippen LogP contribution is 2.37. The minimum absolute atomic E-state index is 0.0864.